The molecule has 0 saturated carbocycles. The number of hydrogen-bond donors (Lipinski definition) is 0. The lowest BCUT2D eigenvalue weighted by atomic mass is 10.1. The maximum atomic E-state index is 5.10. The third-order valence-corrected chi connectivity index (χ3v) is 3.28. The molecule has 0 N–H and O–H groups in total. The van der Waals surface area contributed by atoms with Crippen molar-refractivity contribution >= 4 is 0 Å². The van der Waals surface area contributed by atoms with Crippen LogP contribution in [0, 0.1) is 0 Å². The maximum Gasteiger partial charge on any atom is 0.0873 e. The van der Waals surface area contributed by atoms with E-state index in [2.05, 4.69) is 50.0 Å². The molecule has 0 amide bonds. The van der Waals surface area contributed by atoms with Gasteiger partial charge in [-0.2, -0.15) is 0 Å². The Morgan fingerprint density at radius 3 is 1.95 bits per heavy atom. The van der Waals surface area contributed by atoms with Crippen molar-refractivity contribution in [2.45, 2.75) is 71.1 Å². The maximum absolute atomic E-state index is 5.10. The van der Waals surface area contributed by atoms with Crippen LogP contribution in [-0.2, 0) is 4.74 Å². The molecule has 0 saturated heterocycles. The molecular weight excluding hydrogens is 256 g/mol. The Bertz CT molecular complexity index is 286. The van der Waals surface area contributed by atoms with Gasteiger partial charge >= 0.3 is 0 Å². The summed E-state index contributed by atoms with van der Waals surface area (Å²) in [6.07, 6.45) is 27.4. The fraction of sp³-hybridized carbons (Fsp3) is 0.600. The second-order valence-electron chi connectivity index (χ2n) is 5.24. The minimum absolute atomic E-state index is 0.827. The Labute approximate surface area is 132 Å². The van der Waals surface area contributed by atoms with Crippen molar-refractivity contribution in [1.29, 1.82) is 0 Å². The van der Waals surface area contributed by atoms with Crippen molar-refractivity contribution < 1.29 is 4.74 Å². The minimum atomic E-state index is 0.827. The van der Waals surface area contributed by atoms with Crippen LogP contribution in [0.4, 0.5) is 0 Å². The van der Waals surface area contributed by atoms with E-state index >= 15 is 0 Å². The summed E-state index contributed by atoms with van der Waals surface area (Å²) in [6, 6.07) is 0. The summed E-state index contributed by atoms with van der Waals surface area (Å²) in [7, 11) is 0. The van der Waals surface area contributed by atoms with Crippen LogP contribution in [0.5, 0.6) is 0 Å². The third-order valence-electron chi connectivity index (χ3n) is 3.28. The predicted molar refractivity (Wildman–Crippen MR) is 95.4 cm³/mol. The second kappa shape index (κ2) is 18.8. The molecule has 21 heavy (non-hydrogen) atoms. The number of hydrogen-bond acceptors (Lipinski definition) is 1. The highest BCUT2D eigenvalue weighted by Crippen LogP contribution is 2.08. The first-order valence-electron chi connectivity index (χ1n) is 8.59. The molecule has 0 unspecified atom stereocenters. The molecule has 120 valence electrons. The summed E-state index contributed by atoms with van der Waals surface area (Å²) in [5, 5.41) is 0. The van der Waals surface area contributed by atoms with E-state index < -0.39 is 0 Å². The number of rotatable bonds is 15. The Hall–Kier alpha value is -1.24. The average Bonchev–Trinajstić information content (AvgIpc) is 2.50. The highest BCUT2D eigenvalue weighted by atomic mass is 16.5. The van der Waals surface area contributed by atoms with E-state index in [1.807, 2.05) is 0 Å². The monoisotopic (exact) mass is 290 g/mol. The fourth-order valence-electron chi connectivity index (χ4n) is 2.06. The van der Waals surface area contributed by atoms with Crippen LogP contribution in [-0.4, -0.2) is 6.61 Å². The van der Waals surface area contributed by atoms with Crippen LogP contribution in [0.3, 0.4) is 0 Å². The van der Waals surface area contributed by atoms with Crippen molar-refractivity contribution in [2.24, 2.45) is 0 Å². The second-order valence-corrected chi connectivity index (χ2v) is 5.24. The van der Waals surface area contributed by atoms with E-state index in [0.29, 0.717) is 0 Å². The number of ether oxygens (including phenoxy) is 1. The van der Waals surface area contributed by atoms with Crippen molar-refractivity contribution in [2.75, 3.05) is 6.61 Å². The lowest BCUT2D eigenvalue weighted by molar-refractivity contribution is 0.241. The highest BCUT2D eigenvalue weighted by molar-refractivity contribution is 4.96. The largest absolute Gasteiger partial charge is 0.502 e. The molecule has 0 heterocycles. The normalized spacial score (nSPS) is 11.9. The topological polar surface area (TPSA) is 9.23 Å². The SMILES string of the molecule is C=COCCCCCCCC/C=C\C/C=C\C/C=C\CC. The first kappa shape index (κ1) is 19.8. The van der Waals surface area contributed by atoms with Crippen molar-refractivity contribution in [3.8, 4) is 0 Å². The molecule has 0 aromatic heterocycles. The summed E-state index contributed by atoms with van der Waals surface area (Å²) in [6.45, 7) is 6.53. The molecule has 0 aromatic rings. The predicted octanol–water partition coefficient (Wildman–Crippen LogP) is 6.74. The Kier molecular flexibility index (Phi) is 17.7. The lowest BCUT2D eigenvalue weighted by Gasteiger charge is -2.01. The van der Waals surface area contributed by atoms with Gasteiger partial charge in [-0.25, -0.2) is 0 Å². The van der Waals surface area contributed by atoms with Crippen LogP contribution in [0.15, 0.2) is 49.3 Å². The molecule has 0 spiro atoms. The molecule has 0 rings (SSSR count). The fourth-order valence-corrected chi connectivity index (χ4v) is 2.06. The van der Waals surface area contributed by atoms with Crippen LogP contribution in [0.2, 0.25) is 0 Å². The minimum Gasteiger partial charge on any atom is -0.502 e. The van der Waals surface area contributed by atoms with E-state index in [9.17, 15) is 0 Å². The van der Waals surface area contributed by atoms with Gasteiger partial charge in [0.25, 0.3) is 0 Å². The van der Waals surface area contributed by atoms with Crippen LogP contribution in [0.25, 0.3) is 0 Å². The van der Waals surface area contributed by atoms with E-state index in [0.717, 1.165) is 32.3 Å². The molecule has 0 aliphatic heterocycles. The van der Waals surface area contributed by atoms with Crippen LogP contribution in [0.1, 0.15) is 71.1 Å². The molecule has 0 atom stereocenters. The molecule has 1 nitrogen and oxygen atoms in total. The Morgan fingerprint density at radius 2 is 1.29 bits per heavy atom. The van der Waals surface area contributed by atoms with Gasteiger partial charge in [-0.15, -0.1) is 0 Å². The molecule has 0 radical (unpaired) electrons. The van der Waals surface area contributed by atoms with Gasteiger partial charge in [0.05, 0.1) is 12.9 Å². The number of allylic oxidation sites excluding steroid dienone is 6. The molecule has 0 aliphatic carbocycles. The standard InChI is InChI=1S/C20H34O/c1-3-5-6-7-8-9-10-11-12-13-14-15-16-17-18-19-20-21-4-2/h4-6,8-9,11-12H,2-3,7,10,13-20H2,1H3/b6-5-,9-8-,12-11-. The average molecular weight is 290 g/mol. The Balaban J connectivity index is 3.18. The molecule has 0 aromatic carbocycles. The van der Waals surface area contributed by atoms with Gasteiger partial charge in [0, 0.05) is 0 Å². The van der Waals surface area contributed by atoms with E-state index in [-0.39, 0.29) is 0 Å². The van der Waals surface area contributed by atoms with Gasteiger partial charge in [0.2, 0.25) is 0 Å². The van der Waals surface area contributed by atoms with Gasteiger partial charge in [-0.3, -0.25) is 0 Å². The number of unbranched alkanes of at least 4 members (excludes halogenated alkanes) is 6. The van der Waals surface area contributed by atoms with E-state index in [1.54, 1.807) is 0 Å². The van der Waals surface area contributed by atoms with Gasteiger partial charge in [-0.05, 0) is 38.5 Å². The zero-order valence-electron chi connectivity index (χ0n) is 13.9. The highest BCUT2D eigenvalue weighted by Gasteiger charge is 1.90. The van der Waals surface area contributed by atoms with Crippen LogP contribution < -0.4 is 0 Å². The first-order valence-corrected chi connectivity index (χ1v) is 8.59. The molecular formula is C20H34O. The van der Waals surface area contributed by atoms with Gasteiger partial charge in [0.1, 0.15) is 0 Å². The summed E-state index contributed by atoms with van der Waals surface area (Å²) < 4.78 is 5.10. The molecule has 0 bridgehead atoms. The summed E-state index contributed by atoms with van der Waals surface area (Å²) in [5.74, 6) is 0. The van der Waals surface area contributed by atoms with E-state index in [4.69, 9.17) is 4.74 Å². The van der Waals surface area contributed by atoms with Gasteiger partial charge in [0.15, 0.2) is 0 Å². The first-order chi connectivity index (χ1) is 10.4. The smallest absolute Gasteiger partial charge is 0.0873 e. The third kappa shape index (κ3) is 18.8. The Morgan fingerprint density at radius 1 is 0.714 bits per heavy atom. The molecule has 0 aliphatic rings. The van der Waals surface area contributed by atoms with E-state index in [1.165, 1.54) is 44.8 Å². The molecule has 1 heteroatoms. The van der Waals surface area contributed by atoms with Gasteiger partial charge in [-0.1, -0.05) is 75.6 Å². The zero-order valence-corrected chi connectivity index (χ0v) is 13.9. The summed E-state index contributed by atoms with van der Waals surface area (Å²) >= 11 is 0. The van der Waals surface area contributed by atoms with Gasteiger partial charge < -0.3 is 4.74 Å². The van der Waals surface area contributed by atoms with Crippen molar-refractivity contribution in [3.63, 3.8) is 0 Å². The molecule has 0 fully saturated rings. The lowest BCUT2D eigenvalue weighted by Crippen LogP contribution is -1.87. The van der Waals surface area contributed by atoms with Crippen molar-refractivity contribution in [1.82, 2.24) is 0 Å². The zero-order chi connectivity index (χ0) is 15.4. The van der Waals surface area contributed by atoms with Crippen LogP contribution >= 0.6 is 0 Å². The quantitative estimate of drug-likeness (QED) is 0.184. The summed E-state index contributed by atoms with van der Waals surface area (Å²) in [4.78, 5) is 0. The summed E-state index contributed by atoms with van der Waals surface area (Å²) in [5.41, 5.74) is 0. The van der Waals surface area contributed by atoms with Crippen molar-refractivity contribution in [3.05, 3.63) is 49.3 Å².